The fourth-order valence-corrected chi connectivity index (χ4v) is 0.782. The number of carboxylic acid groups (broad SMARTS) is 1. The van der Waals surface area contributed by atoms with Gasteiger partial charge in [0, 0.05) is 10.7 Å². The van der Waals surface area contributed by atoms with Gasteiger partial charge >= 0.3 is 5.97 Å². The smallest absolute Gasteiger partial charge is 0.307 e. The molecule has 0 saturated heterocycles. The van der Waals surface area contributed by atoms with Gasteiger partial charge in [0.1, 0.15) is 0 Å². The molecule has 0 radical (unpaired) electrons. The monoisotopic (exact) mass is 214 g/mol. The van der Waals surface area contributed by atoms with Crippen molar-refractivity contribution in [3.8, 4) is 0 Å². The van der Waals surface area contributed by atoms with Gasteiger partial charge in [0.25, 0.3) is 0 Å². The lowest BCUT2D eigenvalue weighted by molar-refractivity contribution is -0.140. The van der Waals surface area contributed by atoms with E-state index in [1.165, 1.54) is 0 Å². The van der Waals surface area contributed by atoms with E-state index >= 15 is 0 Å². The van der Waals surface area contributed by atoms with E-state index in [9.17, 15) is 4.79 Å². The first kappa shape index (κ1) is 9.24. The summed E-state index contributed by atoms with van der Waals surface area (Å²) in [6.45, 7) is 1.62. The van der Waals surface area contributed by atoms with E-state index in [0.29, 0.717) is 5.88 Å². The maximum absolute atomic E-state index is 10.2. The Labute approximate surface area is 67.3 Å². The van der Waals surface area contributed by atoms with Crippen molar-refractivity contribution in [3.63, 3.8) is 0 Å². The van der Waals surface area contributed by atoms with Crippen LogP contribution in [0.25, 0.3) is 0 Å². The van der Waals surface area contributed by atoms with Crippen LogP contribution in [0.5, 0.6) is 0 Å². The average molecular weight is 215 g/mol. The summed E-state index contributed by atoms with van der Waals surface area (Å²) in [7, 11) is 0. The quantitative estimate of drug-likeness (QED) is 0.728. The molecule has 54 valence electrons. The molecule has 0 rings (SSSR count). The number of alkyl halides is 2. The van der Waals surface area contributed by atoms with Crippen molar-refractivity contribution in [2.45, 2.75) is 11.8 Å². The number of hydrogen-bond acceptors (Lipinski definition) is 1. The number of carbonyl (C=O) groups is 1. The molecule has 4 heteroatoms. The lowest BCUT2D eigenvalue weighted by Crippen LogP contribution is -2.21. The van der Waals surface area contributed by atoms with Crippen molar-refractivity contribution in [3.05, 3.63) is 0 Å². The minimum atomic E-state index is -0.822. The second-order valence-corrected chi connectivity index (χ2v) is 3.28. The molecule has 0 heterocycles. The predicted molar refractivity (Wildman–Crippen MR) is 40.2 cm³/mol. The molecule has 0 aliphatic rings. The maximum Gasteiger partial charge on any atom is 0.307 e. The van der Waals surface area contributed by atoms with Crippen LogP contribution in [-0.4, -0.2) is 21.8 Å². The lowest BCUT2D eigenvalue weighted by atomic mass is 10.1. The van der Waals surface area contributed by atoms with Gasteiger partial charge in [-0.2, -0.15) is 0 Å². The highest BCUT2D eigenvalue weighted by Gasteiger charge is 2.19. The van der Waals surface area contributed by atoms with Crippen LogP contribution < -0.4 is 0 Å². The minimum Gasteiger partial charge on any atom is -0.481 e. The van der Waals surface area contributed by atoms with Crippen LogP contribution in [0.1, 0.15) is 6.92 Å². The third-order valence-corrected chi connectivity index (χ3v) is 2.90. The Morgan fingerprint density at radius 1 is 1.89 bits per heavy atom. The lowest BCUT2D eigenvalue weighted by Gasteiger charge is -2.08. The van der Waals surface area contributed by atoms with Crippen LogP contribution in [0.4, 0.5) is 0 Å². The third-order valence-electron chi connectivity index (χ3n) is 1.08. The van der Waals surface area contributed by atoms with Crippen LogP contribution in [0.15, 0.2) is 0 Å². The van der Waals surface area contributed by atoms with Crippen LogP contribution in [0.2, 0.25) is 0 Å². The normalized spacial score (nSPS) is 16.8. The molecule has 2 nitrogen and oxygen atoms in total. The third kappa shape index (κ3) is 3.06. The zero-order valence-electron chi connectivity index (χ0n) is 4.97. The first-order valence-corrected chi connectivity index (χ1v) is 3.97. The van der Waals surface area contributed by atoms with Gasteiger partial charge in [-0.05, 0) is 0 Å². The first-order chi connectivity index (χ1) is 4.09. The molecule has 0 fully saturated rings. The largest absolute Gasteiger partial charge is 0.481 e. The molecule has 1 N–H and O–H groups in total. The van der Waals surface area contributed by atoms with Gasteiger partial charge < -0.3 is 5.11 Å². The van der Waals surface area contributed by atoms with Crippen molar-refractivity contribution in [1.82, 2.24) is 0 Å². The SMILES string of the molecule is C[C@H](C(=O)O)C(Br)CCl. The van der Waals surface area contributed by atoms with Gasteiger partial charge in [0.15, 0.2) is 0 Å². The zero-order chi connectivity index (χ0) is 7.44. The van der Waals surface area contributed by atoms with Crippen LogP contribution >= 0.6 is 27.5 Å². The van der Waals surface area contributed by atoms with E-state index in [1.54, 1.807) is 6.92 Å². The number of halogens is 2. The van der Waals surface area contributed by atoms with Crippen LogP contribution in [0.3, 0.4) is 0 Å². The summed E-state index contributed by atoms with van der Waals surface area (Å²) in [5, 5.41) is 8.39. The summed E-state index contributed by atoms with van der Waals surface area (Å²) >= 11 is 8.51. The number of aliphatic carboxylic acids is 1. The van der Waals surface area contributed by atoms with Gasteiger partial charge in [-0.15, -0.1) is 11.6 Å². The van der Waals surface area contributed by atoms with Crippen molar-refractivity contribution in [1.29, 1.82) is 0 Å². The Kier molecular flexibility index (Phi) is 4.23. The molecule has 0 aromatic heterocycles. The Morgan fingerprint density at radius 2 is 2.33 bits per heavy atom. The molecular formula is C5H8BrClO2. The molecular weight excluding hydrogens is 207 g/mol. The summed E-state index contributed by atoms with van der Waals surface area (Å²) in [6, 6.07) is 0. The van der Waals surface area contributed by atoms with Crippen LogP contribution in [0, 0.1) is 5.92 Å². The van der Waals surface area contributed by atoms with Crippen molar-refractivity contribution in [2.75, 3.05) is 5.88 Å². The summed E-state index contributed by atoms with van der Waals surface area (Å²) in [5.41, 5.74) is 0. The number of carboxylic acids is 1. The molecule has 0 amide bonds. The van der Waals surface area contributed by atoms with E-state index in [0.717, 1.165) is 0 Å². The first-order valence-electron chi connectivity index (χ1n) is 2.52. The van der Waals surface area contributed by atoms with E-state index in [4.69, 9.17) is 16.7 Å². The zero-order valence-corrected chi connectivity index (χ0v) is 7.32. The summed E-state index contributed by atoms with van der Waals surface area (Å²) in [4.78, 5) is 10.1. The van der Waals surface area contributed by atoms with E-state index in [2.05, 4.69) is 15.9 Å². The summed E-state index contributed by atoms with van der Waals surface area (Å²) in [6.07, 6.45) is 0. The topological polar surface area (TPSA) is 37.3 Å². The van der Waals surface area contributed by atoms with Gasteiger partial charge in [0.05, 0.1) is 5.92 Å². The molecule has 0 bridgehead atoms. The minimum absolute atomic E-state index is 0.128. The molecule has 0 aliphatic carbocycles. The molecule has 1 unspecified atom stereocenters. The van der Waals surface area contributed by atoms with E-state index in [1.807, 2.05) is 0 Å². The fraction of sp³-hybridized carbons (Fsp3) is 0.800. The van der Waals surface area contributed by atoms with Crippen molar-refractivity contribution < 1.29 is 9.90 Å². The Morgan fingerprint density at radius 3 is 2.44 bits per heavy atom. The fourth-order valence-electron chi connectivity index (χ4n) is 0.288. The highest BCUT2D eigenvalue weighted by molar-refractivity contribution is 9.09. The highest BCUT2D eigenvalue weighted by atomic mass is 79.9. The molecule has 0 aliphatic heterocycles. The second-order valence-electron chi connectivity index (χ2n) is 1.80. The molecule has 0 aromatic carbocycles. The van der Waals surface area contributed by atoms with Crippen molar-refractivity contribution in [2.24, 2.45) is 5.92 Å². The molecule has 9 heavy (non-hydrogen) atoms. The van der Waals surface area contributed by atoms with Crippen molar-refractivity contribution >= 4 is 33.5 Å². The van der Waals surface area contributed by atoms with E-state index < -0.39 is 11.9 Å². The maximum atomic E-state index is 10.2. The summed E-state index contributed by atoms with van der Waals surface area (Å²) < 4.78 is 0. The molecule has 0 aromatic rings. The highest BCUT2D eigenvalue weighted by Crippen LogP contribution is 2.13. The molecule has 2 atom stereocenters. The Bertz CT molecular complexity index is 107. The molecule has 0 spiro atoms. The van der Waals surface area contributed by atoms with Gasteiger partial charge in [-0.25, -0.2) is 0 Å². The Balaban J connectivity index is 3.72. The van der Waals surface area contributed by atoms with E-state index in [-0.39, 0.29) is 4.83 Å². The predicted octanol–water partition coefficient (Wildman–Crippen LogP) is 1.71. The molecule has 0 saturated carbocycles. The standard InChI is InChI=1S/C5H8BrClO2/c1-3(5(8)9)4(6)2-7/h3-4H,2H2,1H3,(H,8,9)/t3-,4?/m0/s1. The number of hydrogen-bond donors (Lipinski definition) is 1. The van der Waals surface area contributed by atoms with Crippen LogP contribution in [-0.2, 0) is 4.79 Å². The van der Waals surface area contributed by atoms with Gasteiger partial charge in [0.2, 0.25) is 0 Å². The Hall–Kier alpha value is 0.240. The van der Waals surface area contributed by atoms with Gasteiger partial charge in [-0.1, -0.05) is 22.9 Å². The second kappa shape index (κ2) is 4.12. The number of rotatable bonds is 3. The van der Waals surface area contributed by atoms with Gasteiger partial charge in [-0.3, -0.25) is 4.79 Å². The summed E-state index contributed by atoms with van der Waals surface area (Å²) in [5.74, 6) is -0.909. The average Bonchev–Trinajstić information content (AvgIpc) is 1.84.